The summed E-state index contributed by atoms with van der Waals surface area (Å²) in [5, 5.41) is 18.2. The van der Waals surface area contributed by atoms with Crippen molar-refractivity contribution in [2.75, 3.05) is 0 Å². The van der Waals surface area contributed by atoms with Gasteiger partial charge in [0, 0.05) is 23.6 Å². The predicted octanol–water partition coefficient (Wildman–Crippen LogP) is 7.57. The van der Waals surface area contributed by atoms with E-state index >= 15 is 0 Å². The number of benzene rings is 2. The second kappa shape index (κ2) is 10.0. The van der Waals surface area contributed by atoms with E-state index in [0.29, 0.717) is 57.2 Å². The second-order valence-electron chi connectivity index (χ2n) is 11.6. The summed E-state index contributed by atoms with van der Waals surface area (Å²) in [5.74, 6) is 1.01. The van der Waals surface area contributed by atoms with Gasteiger partial charge in [0.25, 0.3) is 0 Å². The van der Waals surface area contributed by atoms with Crippen LogP contribution in [-0.2, 0) is 23.5 Å². The summed E-state index contributed by atoms with van der Waals surface area (Å²) in [4.78, 5) is 4.64. The third-order valence-electron chi connectivity index (χ3n) is 9.11. The van der Waals surface area contributed by atoms with E-state index in [4.69, 9.17) is 38.2 Å². The molecule has 2 aromatic carbocycles. The first-order valence-corrected chi connectivity index (χ1v) is 15.4. The number of nitrogens with two attached hydrogens (primary N) is 1. The molecule has 0 radical (unpaired) electrons. The highest BCUT2D eigenvalue weighted by molar-refractivity contribution is 7.18. The number of nitrogens with zero attached hydrogens (tertiary/aromatic N) is 2. The van der Waals surface area contributed by atoms with Crippen LogP contribution in [0, 0.1) is 23.6 Å². The molecule has 3 fully saturated rings. The van der Waals surface area contributed by atoms with Crippen LogP contribution < -0.4 is 5.73 Å². The average Bonchev–Trinajstić information content (AvgIpc) is 3.51. The minimum absolute atomic E-state index is 0.0355. The predicted molar refractivity (Wildman–Crippen MR) is 154 cm³/mol. The molecule has 3 aliphatic carbocycles. The Bertz CT molecular complexity index is 1580. The molecule has 0 unspecified atom stereocenters. The van der Waals surface area contributed by atoms with Crippen molar-refractivity contribution in [3.05, 3.63) is 68.1 Å². The molecule has 5 atom stereocenters. The maximum atomic E-state index is 14.8. The molecule has 0 amide bonds. The molecular formula is C30H30Cl2FN3O3S. The maximum absolute atomic E-state index is 14.8. The number of halogens is 3. The molecule has 4 aromatic rings. The van der Waals surface area contributed by atoms with Crippen LogP contribution >= 0.6 is 34.5 Å². The lowest BCUT2D eigenvalue weighted by Crippen LogP contribution is -2.45. The van der Waals surface area contributed by atoms with Crippen LogP contribution in [0.5, 0.6) is 0 Å². The fourth-order valence-corrected chi connectivity index (χ4v) is 8.82. The van der Waals surface area contributed by atoms with Crippen molar-refractivity contribution in [3.63, 3.8) is 0 Å². The highest BCUT2D eigenvalue weighted by Crippen LogP contribution is 2.59. The van der Waals surface area contributed by atoms with Gasteiger partial charge in [-0.2, -0.15) is 0 Å². The smallest absolute Gasteiger partial charge is 0.150 e. The summed E-state index contributed by atoms with van der Waals surface area (Å²) in [5.41, 5.74) is 7.87. The molecule has 3 saturated carbocycles. The Balaban J connectivity index is 1.15. The summed E-state index contributed by atoms with van der Waals surface area (Å²) in [6.07, 6.45) is 4.32. The number of hydrogen-bond donors (Lipinski definition) is 2. The van der Waals surface area contributed by atoms with Gasteiger partial charge in [-0.25, -0.2) is 9.37 Å². The Hall–Kier alpha value is -2.07. The quantitative estimate of drug-likeness (QED) is 0.227. The van der Waals surface area contributed by atoms with Crippen molar-refractivity contribution < 1.29 is 18.8 Å². The molecule has 6 nitrogen and oxygen atoms in total. The molecule has 2 bridgehead atoms. The SMILES string of the molecule is C[C@H]1C[C@@H]2C[C@@H](OCc3c(-c4c(Cl)cccc4Cl)noc3C3CC3)C[C@H]1[C@]2(O)c1nc2c(F)cc(CN)cc2s1. The zero-order chi connectivity index (χ0) is 27.8. The zero-order valence-corrected chi connectivity index (χ0v) is 24.3. The first kappa shape index (κ1) is 26.8. The van der Waals surface area contributed by atoms with Crippen LogP contribution in [0.1, 0.15) is 66.8 Å². The molecule has 2 aromatic heterocycles. The van der Waals surface area contributed by atoms with Crippen LogP contribution in [0.25, 0.3) is 21.5 Å². The first-order valence-electron chi connectivity index (χ1n) is 13.8. The highest BCUT2D eigenvalue weighted by atomic mass is 35.5. The summed E-state index contributed by atoms with van der Waals surface area (Å²) < 4.78 is 27.9. The Morgan fingerprint density at radius 1 is 1.20 bits per heavy atom. The average molecular weight is 603 g/mol. The van der Waals surface area contributed by atoms with Gasteiger partial charge >= 0.3 is 0 Å². The normalized spacial score (nSPS) is 28.1. The van der Waals surface area contributed by atoms with Gasteiger partial charge in [0.05, 0.1) is 27.5 Å². The van der Waals surface area contributed by atoms with E-state index in [0.717, 1.165) is 40.8 Å². The van der Waals surface area contributed by atoms with E-state index in [2.05, 4.69) is 17.1 Å². The van der Waals surface area contributed by atoms with E-state index in [-0.39, 0.29) is 30.4 Å². The van der Waals surface area contributed by atoms with Gasteiger partial charge in [-0.05, 0) is 79.7 Å². The zero-order valence-electron chi connectivity index (χ0n) is 22.0. The van der Waals surface area contributed by atoms with Crippen molar-refractivity contribution in [1.29, 1.82) is 0 Å². The molecule has 3 aliphatic rings. The lowest BCUT2D eigenvalue weighted by Gasteiger charge is -2.41. The van der Waals surface area contributed by atoms with Gasteiger partial charge in [0.2, 0.25) is 0 Å². The van der Waals surface area contributed by atoms with Gasteiger partial charge in [-0.15, -0.1) is 11.3 Å². The van der Waals surface area contributed by atoms with E-state index in [9.17, 15) is 9.50 Å². The first-order chi connectivity index (χ1) is 19.3. The number of hydrogen-bond acceptors (Lipinski definition) is 7. The van der Waals surface area contributed by atoms with Crippen molar-refractivity contribution >= 4 is 44.8 Å². The largest absolute Gasteiger partial charge is 0.382 e. The van der Waals surface area contributed by atoms with Crippen molar-refractivity contribution in [1.82, 2.24) is 10.1 Å². The number of rotatable bonds is 7. The molecule has 2 heterocycles. The van der Waals surface area contributed by atoms with Crippen LogP contribution in [0.3, 0.4) is 0 Å². The minimum Gasteiger partial charge on any atom is -0.382 e. The number of aliphatic hydroxyl groups is 1. The van der Waals surface area contributed by atoms with E-state index in [1.165, 1.54) is 17.4 Å². The number of thiazole rings is 1. The fraction of sp³-hybridized carbons (Fsp3) is 0.467. The molecule has 0 aliphatic heterocycles. The van der Waals surface area contributed by atoms with E-state index < -0.39 is 11.4 Å². The van der Waals surface area contributed by atoms with E-state index in [1.54, 1.807) is 12.1 Å². The van der Waals surface area contributed by atoms with Gasteiger partial charge in [0.1, 0.15) is 27.6 Å². The summed E-state index contributed by atoms with van der Waals surface area (Å²) in [6, 6.07) is 8.71. The van der Waals surface area contributed by atoms with Crippen LogP contribution in [0.4, 0.5) is 4.39 Å². The Labute approximate surface area is 245 Å². The molecular weight excluding hydrogens is 572 g/mol. The molecule has 210 valence electrons. The van der Waals surface area contributed by atoms with Crippen LogP contribution in [-0.4, -0.2) is 21.4 Å². The van der Waals surface area contributed by atoms with Gasteiger partial charge < -0.3 is 20.1 Å². The minimum atomic E-state index is -1.11. The van der Waals surface area contributed by atoms with Crippen molar-refractivity contribution in [2.45, 2.75) is 69.8 Å². The number of aromatic nitrogens is 2. The fourth-order valence-electron chi connectivity index (χ4n) is 6.96. The Kier molecular flexibility index (Phi) is 6.72. The molecule has 7 rings (SSSR count). The highest BCUT2D eigenvalue weighted by Gasteiger charge is 2.59. The maximum Gasteiger partial charge on any atom is 0.150 e. The van der Waals surface area contributed by atoms with Gasteiger partial charge in [0.15, 0.2) is 5.82 Å². The summed E-state index contributed by atoms with van der Waals surface area (Å²) in [6.45, 7) is 2.77. The lowest BCUT2D eigenvalue weighted by molar-refractivity contribution is -0.120. The van der Waals surface area contributed by atoms with E-state index in [1.807, 2.05) is 12.1 Å². The van der Waals surface area contributed by atoms with Gasteiger partial charge in [-0.1, -0.05) is 41.3 Å². The summed E-state index contributed by atoms with van der Waals surface area (Å²) in [7, 11) is 0. The Morgan fingerprint density at radius 3 is 2.67 bits per heavy atom. The standard InChI is InChI=1S/C30H30Cl2FN3O3S/c1-14-7-17-10-18(11-20(14)30(17,37)29-35-27-23(33)8-15(12-34)9-24(27)40-29)38-13-19-26(36-39-28(19)16-5-6-16)25-21(31)3-2-4-22(25)32/h2-4,8-9,14,16-18,20,37H,5-7,10-13,34H2,1H3/t14-,17+,18+,20+,30-/m0/s1. The van der Waals surface area contributed by atoms with Gasteiger partial charge in [-0.3, -0.25) is 0 Å². The molecule has 3 N–H and O–H groups in total. The second-order valence-corrected chi connectivity index (χ2v) is 13.5. The lowest BCUT2D eigenvalue weighted by atomic mass is 9.72. The monoisotopic (exact) mass is 601 g/mol. The van der Waals surface area contributed by atoms with Crippen LogP contribution in [0.2, 0.25) is 10.0 Å². The molecule has 0 spiro atoms. The third kappa shape index (κ3) is 4.30. The summed E-state index contributed by atoms with van der Waals surface area (Å²) >= 11 is 14.4. The van der Waals surface area contributed by atoms with Crippen LogP contribution in [0.15, 0.2) is 34.9 Å². The molecule has 10 heteroatoms. The Morgan fingerprint density at radius 2 is 1.98 bits per heavy atom. The molecule has 0 saturated heterocycles. The van der Waals surface area contributed by atoms with Crippen molar-refractivity contribution in [3.8, 4) is 11.3 Å². The number of fused-ring (bicyclic) bond motifs is 3. The van der Waals surface area contributed by atoms with Crippen molar-refractivity contribution in [2.24, 2.45) is 23.5 Å². The number of ether oxygens (including phenoxy) is 1. The topological polar surface area (TPSA) is 94.4 Å². The third-order valence-corrected chi connectivity index (χ3v) is 10.9. The molecule has 40 heavy (non-hydrogen) atoms.